The highest BCUT2D eigenvalue weighted by atomic mass is 32.2. The molecule has 0 aromatic heterocycles. The van der Waals surface area contributed by atoms with Crippen molar-refractivity contribution in [3.05, 3.63) is 0 Å². The number of piperidine rings is 1. The van der Waals surface area contributed by atoms with Crippen molar-refractivity contribution in [2.45, 2.75) is 188 Å². The van der Waals surface area contributed by atoms with E-state index >= 15 is 0 Å². The number of nitrogens with zero attached hydrogens (tertiary/aromatic N) is 1. The normalized spacial score (nSPS) is 55.4. The van der Waals surface area contributed by atoms with Crippen molar-refractivity contribution in [2.24, 2.45) is 52.8 Å². The molecule has 0 N–H and O–H groups in total. The van der Waals surface area contributed by atoms with E-state index in [0.717, 1.165) is 86.5 Å². The van der Waals surface area contributed by atoms with Crippen LogP contribution in [0.5, 0.6) is 0 Å². The molecule has 0 amide bonds. The lowest BCUT2D eigenvalue weighted by Gasteiger charge is -2.64. The molecule has 3 heterocycles. The smallest absolute Gasteiger partial charge is 0.0135 e. The molecular weight excluding hydrogens is 547 g/mol. The molecule has 0 bridgehead atoms. The van der Waals surface area contributed by atoms with E-state index in [0.29, 0.717) is 5.41 Å². The first-order valence-electron chi connectivity index (χ1n) is 19.7. The minimum absolute atomic E-state index is 0.571. The second-order valence-corrected chi connectivity index (χ2v) is 20.9. The van der Waals surface area contributed by atoms with E-state index in [2.05, 4.69) is 42.3 Å². The van der Waals surface area contributed by atoms with Gasteiger partial charge in [-0.25, -0.2) is 0 Å². The summed E-state index contributed by atoms with van der Waals surface area (Å²) in [6, 6.07) is 2.75. The maximum absolute atomic E-state index is 3.34. The number of fused-ring (bicyclic) bond motifs is 9. The first-order chi connectivity index (χ1) is 20.6. The van der Waals surface area contributed by atoms with Gasteiger partial charge in [0.05, 0.1) is 0 Å². The third-order valence-corrected chi connectivity index (χ3v) is 20.1. The first kappa shape index (κ1) is 28.8. The van der Waals surface area contributed by atoms with Gasteiger partial charge in [0.25, 0.3) is 0 Å². The lowest BCUT2D eigenvalue weighted by molar-refractivity contribution is -0.144. The molecule has 6 aliphatic carbocycles. The van der Waals surface area contributed by atoms with E-state index in [1.54, 1.807) is 70.6 Å². The standard InChI is InChI=1S/C39H63NS2/c1-39(2)30-16-4-6-18-32(30)40(33-19-7-5-17-31(33)39)25-12-9-11-24(23-25)26-14-10-15-27-28-21-22-35-36(38(28)42-37(26)27)29-13-3-8-20-34(29)41-35/h24-38H,3-23H2,1-2H3. The van der Waals surface area contributed by atoms with Gasteiger partial charge in [-0.05, 0) is 130 Å². The molecule has 236 valence electrons. The number of hydrogen-bond donors (Lipinski definition) is 0. The molecule has 0 spiro atoms. The molecule has 6 saturated carbocycles. The summed E-state index contributed by atoms with van der Waals surface area (Å²) in [5.74, 6) is 8.43. The molecule has 9 fully saturated rings. The van der Waals surface area contributed by atoms with Crippen molar-refractivity contribution >= 4 is 23.5 Å². The van der Waals surface area contributed by atoms with E-state index in [1.165, 1.54) is 64.2 Å². The maximum atomic E-state index is 3.34. The summed E-state index contributed by atoms with van der Waals surface area (Å²) in [6.07, 6.45) is 32.5. The molecule has 3 aliphatic heterocycles. The summed E-state index contributed by atoms with van der Waals surface area (Å²) in [4.78, 5) is 3.34. The van der Waals surface area contributed by atoms with E-state index in [-0.39, 0.29) is 0 Å². The first-order valence-corrected chi connectivity index (χ1v) is 21.6. The molecule has 0 aromatic carbocycles. The zero-order chi connectivity index (χ0) is 28.0. The van der Waals surface area contributed by atoms with Gasteiger partial charge in [-0.2, -0.15) is 23.5 Å². The van der Waals surface area contributed by atoms with Crippen LogP contribution in [-0.4, -0.2) is 44.0 Å². The molecule has 3 heteroatoms. The van der Waals surface area contributed by atoms with E-state index < -0.39 is 0 Å². The van der Waals surface area contributed by atoms with E-state index in [1.807, 2.05) is 0 Å². The molecular formula is C39H63NS2. The fourth-order valence-corrected chi connectivity index (χ4v) is 19.4. The van der Waals surface area contributed by atoms with Gasteiger partial charge in [-0.3, -0.25) is 4.90 Å². The van der Waals surface area contributed by atoms with Crippen molar-refractivity contribution in [1.29, 1.82) is 0 Å². The van der Waals surface area contributed by atoms with Crippen molar-refractivity contribution < 1.29 is 0 Å². The fourth-order valence-electron chi connectivity index (χ4n) is 14.7. The van der Waals surface area contributed by atoms with Crippen LogP contribution in [0, 0.1) is 52.8 Å². The zero-order valence-electron chi connectivity index (χ0n) is 27.3. The lowest BCUT2D eigenvalue weighted by Crippen LogP contribution is -2.66. The van der Waals surface area contributed by atoms with Crippen molar-refractivity contribution in [2.75, 3.05) is 0 Å². The molecule has 0 aromatic rings. The summed E-state index contributed by atoms with van der Waals surface area (Å²) in [5.41, 5.74) is 0.571. The van der Waals surface area contributed by atoms with Crippen molar-refractivity contribution in [3.63, 3.8) is 0 Å². The predicted molar refractivity (Wildman–Crippen MR) is 182 cm³/mol. The van der Waals surface area contributed by atoms with E-state index in [4.69, 9.17) is 0 Å². The van der Waals surface area contributed by atoms with Gasteiger partial charge in [-0.1, -0.05) is 71.6 Å². The molecule has 0 radical (unpaired) electrons. The summed E-state index contributed by atoms with van der Waals surface area (Å²) in [6.45, 7) is 5.45. The molecule has 9 aliphatic rings. The van der Waals surface area contributed by atoms with E-state index in [9.17, 15) is 0 Å². The molecule has 9 rings (SSSR count). The molecule has 15 unspecified atom stereocenters. The monoisotopic (exact) mass is 609 g/mol. The van der Waals surface area contributed by atoms with Crippen LogP contribution >= 0.6 is 23.5 Å². The van der Waals surface area contributed by atoms with Crippen LogP contribution in [0.1, 0.15) is 149 Å². The van der Waals surface area contributed by atoms with Gasteiger partial charge in [-0.15, -0.1) is 0 Å². The Kier molecular flexibility index (Phi) is 7.84. The summed E-state index contributed by atoms with van der Waals surface area (Å²) in [5, 5.41) is 4.18. The second kappa shape index (κ2) is 11.4. The number of rotatable bonds is 2. The van der Waals surface area contributed by atoms with Gasteiger partial charge >= 0.3 is 0 Å². The van der Waals surface area contributed by atoms with Crippen LogP contribution < -0.4 is 0 Å². The van der Waals surface area contributed by atoms with Gasteiger partial charge in [0.2, 0.25) is 0 Å². The Bertz CT molecular complexity index is 953. The SMILES string of the molecule is CC1(C)C2CCCCC2N(C2CCCC(C3CCCC4C5CCC6SC7CCCCC7C6C5SC34)C2)C2CCCCC21. The van der Waals surface area contributed by atoms with Crippen molar-refractivity contribution in [3.8, 4) is 0 Å². The highest BCUT2D eigenvalue weighted by Gasteiger charge is 2.60. The van der Waals surface area contributed by atoms with Crippen molar-refractivity contribution in [1.82, 2.24) is 4.90 Å². The maximum Gasteiger partial charge on any atom is 0.0135 e. The Labute approximate surface area is 268 Å². The van der Waals surface area contributed by atoms with Crippen LogP contribution in [-0.2, 0) is 0 Å². The third kappa shape index (κ3) is 4.54. The number of hydrogen-bond acceptors (Lipinski definition) is 3. The summed E-state index contributed by atoms with van der Waals surface area (Å²) in [7, 11) is 0. The average molecular weight is 610 g/mol. The minimum atomic E-state index is 0.571. The summed E-state index contributed by atoms with van der Waals surface area (Å²) >= 11 is 5.16. The van der Waals surface area contributed by atoms with Crippen LogP contribution in [0.3, 0.4) is 0 Å². The van der Waals surface area contributed by atoms with Gasteiger partial charge in [0.1, 0.15) is 0 Å². The van der Waals surface area contributed by atoms with Crippen LogP contribution in [0.25, 0.3) is 0 Å². The number of thioether (sulfide) groups is 2. The zero-order valence-corrected chi connectivity index (χ0v) is 28.9. The molecule has 15 atom stereocenters. The topological polar surface area (TPSA) is 3.24 Å². The minimum Gasteiger partial charge on any atom is -0.294 e. The summed E-state index contributed by atoms with van der Waals surface area (Å²) < 4.78 is 0. The van der Waals surface area contributed by atoms with Gasteiger partial charge in [0.15, 0.2) is 0 Å². The second-order valence-electron chi connectivity index (χ2n) is 18.1. The highest BCUT2D eigenvalue weighted by molar-refractivity contribution is 8.02. The quantitative estimate of drug-likeness (QED) is 0.307. The Balaban J connectivity index is 0.958. The Morgan fingerprint density at radius 3 is 1.95 bits per heavy atom. The largest absolute Gasteiger partial charge is 0.294 e. The van der Waals surface area contributed by atoms with Gasteiger partial charge < -0.3 is 0 Å². The van der Waals surface area contributed by atoms with Gasteiger partial charge in [0, 0.05) is 39.1 Å². The molecule has 1 nitrogen and oxygen atoms in total. The fraction of sp³-hybridized carbons (Fsp3) is 1.00. The van der Waals surface area contributed by atoms with Crippen LogP contribution in [0.4, 0.5) is 0 Å². The Hall–Kier alpha value is 0.660. The Morgan fingerprint density at radius 1 is 0.500 bits per heavy atom. The average Bonchev–Trinajstić information content (AvgIpc) is 3.60. The third-order valence-electron chi connectivity index (χ3n) is 16.2. The lowest BCUT2D eigenvalue weighted by atomic mass is 9.54. The molecule has 3 saturated heterocycles. The molecule has 42 heavy (non-hydrogen) atoms. The Morgan fingerprint density at radius 2 is 1.14 bits per heavy atom. The number of likely N-dealkylation sites (tertiary alicyclic amines) is 1. The predicted octanol–water partition coefficient (Wildman–Crippen LogP) is 10.6. The van der Waals surface area contributed by atoms with Crippen LogP contribution in [0.15, 0.2) is 0 Å². The van der Waals surface area contributed by atoms with Crippen LogP contribution in [0.2, 0.25) is 0 Å². The highest BCUT2D eigenvalue weighted by Crippen LogP contribution is 2.66.